The Kier molecular flexibility index (Phi) is 8.54. The predicted molar refractivity (Wildman–Crippen MR) is 128 cm³/mol. The highest BCUT2D eigenvalue weighted by Gasteiger charge is 2.17. The van der Waals surface area contributed by atoms with E-state index in [1.165, 1.54) is 12.1 Å². The van der Waals surface area contributed by atoms with E-state index in [0.29, 0.717) is 28.6 Å². The van der Waals surface area contributed by atoms with E-state index >= 15 is 0 Å². The van der Waals surface area contributed by atoms with Crippen molar-refractivity contribution in [3.63, 3.8) is 0 Å². The van der Waals surface area contributed by atoms with Gasteiger partial charge in [-0.1, -0.05) is 60.5 Å². The molecule has 0 saturated heterocycles. The molecule has 1 atom stereocenters. The Morgan fingerprint density at radius 2 is 1.84 bits per heavy atom. The first-order valence-corrected chi connectivity index (χ1v) is 11.4. The Bertz CT molecular complexity index is 1090. The molecular formula is C26H26Cl2FNO2. The third-order valence-electron chi connectivity index (χ3n) is 5.59. The summed E-state index contributed by atoms with van der Waals surface area (Å²) in [5.41, 5.74) is 2.98. The maximum Gasteiger partial charge on any atom is 0.255 e. The average molecular weight is 474 g/mol. The second-order valence-electron chi connectivity index (χ2n) is 7.77. The number of hydrogen-bond donors (Lipinski definition) is 2. The lowest BCUT2D eigenvalue weighted by atomic mass is 9.92. The molecule has 0 heterocycles. The van der Waals surface area contributed by atoms with E-state index in [1.54, 1.807) is 30.3 Å². The molecule has 0 aliphatic rings. The fourth-order valence-corrected chi connectivity index (χ4v) is 4.01. The normalized spacial score (nSPS) is 11.9. The largest absolute Gasteiger partial charge is 0.507 e. The van der Waals surface area contributed by atoms with Crippen LogP contribution in [-0.2, 0) is 12.8 Å². The molecule has 1 unspecified atom stereocenters. The van der Waals surface area contributed by atoms with Gasteiger partial charge in [-0.3, -0.25) is 4.79 Å². The number of rotatable bonds is 9. The van der Waals surface area contributed by atoms with E-state index in [9.17, 15) is 14.3 Å². The van der Waals surface area contributed by atoms with Gasteiger partial charge in [0, 0.05) is 12.5 Å². The first kappa shape index (κ1) is 24.1. The van der Waals surface area contributed by atoms with Gasteiger partial charge in [-0.15, -0.1) is 0 Å². The van der Waals surface area contributed by atoms with Gasteiger partial charge in [-0.2, -0.15) is 0 Å². The van der Waals surface area contributed by atoms with Crippen molar-refractivity contribution >= 4 is 29.1 Å². The van der Waals surface area contributed by atoms with Crippen molar-refractivity contribution in [1.82, 2.24) is 5.32 Å². The van der Waals surface area contributed by atoms with Gasteiger partial charge in [0.2, 0.25) is 0 Å². The van der Waals surface area contributed by atoms with E-state index in [0.717, 1.165) is 30.4 Å². The predicted octanol–water partition coefficient (Wildman–Crippen LogP) is 6.94. The average Bonchev–Trinajstić information content (AvgIpc) is 2.79. The first-order chi connectivity index (χ1) is 15.4. The number of benzene rings is 3. The third-order valence-corrected chi connectivity index (χ3v) is 6.33. The summed E-state index contributed by atoms with van der Waals surface area (Å²) in [5, 5.41) is 13.8. The van der Waals surface area contributed by atoms with Crippen LogP contribution in [0.4, 0.5) is 4.39 Å². The smallest absolute Gasteiger partial charge is 0.255 e. The molecule has 0 aliphatic carbocycles. The number of carbonyl (C=O) groups is 1. The Morgan fingerprint density at radius 1 is 1.06 bits per heavy atom. The number of hydrogen-bond acceptors (Lipinski definition) is 2. The van der Waals surface area contributed by atoms with E-state index in [4.69, 9.17) is 23.2 Å². The SMILES string of the molecule is CCc1ccc(F)c(CCCC(CNC(=O)c2ccccc2O)c2ccc(Cl)c(Cl)c2)c1. The highest BCUT2D eigenvalue weighted by atomic mass is 35.5. The zero-order valence-corrected chi connectivity index (χ0v) is 19.4. The molecule has 6 heteroatoms. The lowest BCUT2D eigenvalue weighted by Crippen LogP contribution is -2.28. The summed E-state index contributed by atoms with van der Waals surface area (Å²) >= 11 is 12.3. The van der Waals surface area contributed by atoms with Crippen LogP contribution in [0.15, 0.2) is 60.7 Å². The minimum Gasteiger partial charge on any atom is -0.507 e. The highest BCUT2D eigenvalue weighted by Crippen LogP contribution is 2.29. The molecule has 1 amide bonds. The van der Waals surface area contributed by atoms with Gasteiger partial charge in [0.15, 0.2) is 0 Å². The molecule has 3 rings (SSSR count). The summed E-state index contributed by atoms with van der Waals surface area (Å²) in [4.78, 5) is 12.6. The summed E-state index contributed by atoms with van der Waals surface area (Å²) in [5.74, 6) is -0.657. The van der Waals surface area contributed by atoms with Crippen molar-refractivity contribution in [1.29, 1.82) is 0 Å². The van der Waals surface area contributed by atoms with Crippen molar-refractivity contribution < 1.29 is 14.3 Å². The number of nitrogens with one attached hydrogen (secondary N) is 1. The number of para-hydroxylation sites is 1. The maximum atomic E-state index is 14.2. The minimum atomic E-state index is -0.352. The quantitative estimate of drug-likeness (QED) is 0.353. The lowest BCUT2D eigenvalue weighted by Gasteiger charge is -2.19. The molecule has 0 bridgehead atoms. The number of aromatic hydroxyl groups is 1. The summed E-state index contributed by atoms with van der Waals surface area (Å²) in [7, 11) is 0. The van der Waals surface area contributed by atoms with Gasteiger partial charge in [0.05, 0.1) is 15.6 Å². The second-order valence-corrected chi connectivity index (χ2v) is 8.58. The zero-order valence-electron chi connectivity index (χ0n) is 17.9. The lowest BCUT2D eigenvalue weighted by molar-refractivity contribution is 0.0948. The number of halogens is 3. The molecule has 0 saturated carbocycles. The van der Waals surface area contributed by atoms with E-state index in [-0.39, 0.29) is 29.0 Å². The fourth-order valence-electron chi connectivity index (χ4n) is 3.71. The van der Waals surface area contributed by atoms with Crippen molar-refractivity contribution in [2.75, 3.05) is 6.54 Å². The van der Waals surface area contributed by atoms with Crippen LogP contribution < -0.4 is 5.32 Å². The van der Waals surface area contributed by atoms with Gasteiger partial charge >= 0.3 is 0 Å². The molecule has 3 nitrogen and oxygen atoms in total. The van der Waals surface area contributed by atoms with Crippen LogP contribution >= 0.6 is 23.2 Å². The van der Waals surface area contributed by atoms with E-state index in [1.807, 2.05) is 25.1 Å². The third kappa shape index (κ3) is 6.24. The van der Waals surface area contributed by atoms with Crippen LogP contribution in [0, 0.1) is 5.82 Å². The molecule has 32 heavy (non-hydrogen) atoms. The van der Waals surface area contributed by atoms with E-state index < -0.39 is 0 Å². The summed E-state index contributed by atoms with van der Waals surface area (Å²) in [6.07, 6.45) is 2.92. The standard InChI is InChI=1S/C26H26Cl2FNO2/c1-2-17-10-13-24(29)19(14-17)6-5-7-20(18-11-12-22(27)23(28)15-18)16-30-26(32)21-8-3-4-9-25(21)31/h3-4,8-15,20,31H,2,5-7,16H2,1H3,(H,30,32). The van der Waals surface area contributed by atoms with Crippen LogP contribution in [0.5, 0.6) is 5.75 Å². The first-order valence-electron chi connectivity index (χ1n) is 10.7. The molecular weight excluding hydrogens is 448 g/mol. The molecule has 3 aromatic carbocycles. The molecule has 0 spiro atoms. The van der Waals surface area contributed by atoms with Gasteiger partial charge in [-0.05, 0) is 72.7 Å². The highest BCUT2D eigenvalue weighted by molar-refractivity contribution is 6.42. The number of phenolic OH excluding ortho intramolecular Hbond substituents is 1. The monoisotopic (exact) mass is 473 g/mol. The van der Waals surface area contributed by atoms with Gasteiger partial charge < -0.3 is 10.4 Å². The molecule has 2 N–H and O–H groups in total. The summed E-state index contributed by atoms with van der Waals surface area (Å²) < 4.78 is 14.2. The Balaban J connectivity index is 1.71. The van der Waals surface area contributed by atoms with Crippen molar-refractivity contribution in [2.45, 2.75) is 38.5 Å². The van der Waals surface area contributed by atoms with Crippen molar-refractivity contribution in [2.24, 2.45) is 0 Å². The van der Waals surface area contributed by atoms with Crippen molar-refractivity contribution in [3.8, 4) is 5.75 Å². The fraction of sp³-hybridized carbons (Fsp3) is 0.269. The minimum absolute atomic E-state index is 0.0445. The molecule has 3 aromatic rings. The van der Waals surface area contributed by atoms with Crippen LogP contribution in [0.3, 0.4) is 0 Å². The number of aryl methyl sites for hydroxylation is 2. The van der Waals surface area contributed by atoms with Crippen LogP contribution in [0.2, 0.25) is 10.0 Å². The zero-order chi connectivity index (χ0) is 23.1. The second kappa shape index (κ2) is 11.3. The topological polar surface area (TPSA) is 49.3 Å². The van der Waals surface area contributed by atoms with Crippen LogP contribution in [-0.4, -0.2) is 17.6 Å². The Labute approximate surface area is 198 Å². The molecule has 0 aliphatic heterocycles. The Hall–Kier alpha value is -2.56. The molecule has 0 radical (unpaired) electrons. The molecule has 168 valence electrons. The van der Waals surface area contributed by atoms with Gasteiger partial charge in [-0.25, -0.2) is 4.39 Å². The number of carbonyl (C=O) groups excluding carboxylic acids is 1. The number of phenols is 1. The molecule has 0 aromatic heterocycles. The van der Waals surface area contributed by atoms with Crippen LogP contribution in [0.25, 0.3) is 0 Å². The van der Waals surface area contributed by atoms with Crippen LogP contribution in [0.1, 0.15) is 52.7 Å². The summed E-state index contributed by atoms with van der Waals surface area (Å²) in [6, 6.07) is 17.1. The van der Waals surface area contributed by atoms with Gasteiger partial charge in [0.1, 0.15) is 11.6 Å². The van der Waals surface area contributed by atoms with Gasteiger partial charge in [0.25, 0.3) is 5.91 Å². The Morgan fingerprint density at radius 3 is 2.56 bits per heavy atom. The summed E-state index contributed by atoms with van der Waals surface area (Å²) in [6.45, 7) is 2.40. The molecule has 0 fully saturated rings. The van der Waals surface area contributed by atoms with Crippen molar-refractivity contribution in [3.05, 3.63) is 98.8 Å². The maximum absolute atomic E-state index is 14.2. The number of amides is 1. The van der Waals surface area contributed by atoms with E-state index in [2.05, 4.69) is 5.32 Å².